The lowest BCUT2D eigenvalue weighted by molar-refractivity contribution is -0.384. The number of anilines is 2. The minimum Gasteiger partial charge on any atom is -0.321 e. The van der Waals surface area contributed by atoms with Crippen molar-refractivity contribution in [2.45, 2.75) is 6.92 Å². The number of hydrogen-bond donors (Lipinski definition) is 2. The summed E-state index contributed by atoms with van der Waals surface area (Å²) in [5, 5.41) is 15.7. The van der Waals surface area contributed by atoms with Gasteiger partial charge in [0.15, 0.2) is 0 Å². The van der Waals surface area contributed by atoms with E-state index in [-0.39, 0.29) is 33.7 Å². The number of nitrogens with zero attached hydrogens (tertiary/aromatic N) is 2. The number of nitro groups is 1. The number of aromatic nitrogens is 1. The molecule has 0 aliphatic heterocycles. The Morgan fingerprint density at radius 1 is 1.22 bits per heavy atom. The van der Waals surface area contributed by atoms with E-state index in [2.05, 4.69) is 15.6 Å². The molecule has 0 aliphatic carbocycles. The van der Waals surface area contributed by atoms with Gasteiger partial charge in [-0.25, -0.2) is 4.98 Å². The van der Waals surface area contributed by atoms with Gasteiger partial charge in [-0.15, -0.1) is 0 Å². The Morgan fingerprint density at radius 2 is 1.96 bits per heavy atom. The van der Waals surface area contributed by atoms with Crippen molar-refractivity contribution >= 4 is 40.6 Å². The number of non-ortho nitro benzene ring substituents is 1. The lowest BCUT2D eigenvalue weighted by Gasteiger charge is -2.08. The van der Waals surface area contributed by atoms with Crippen molar-refractivity contribution in [1.82, 2.24) is 4.98 Å². The Labute approximate surface area is 135 Å². The minimum atomic E-state index is -0.583. The summed E-state index contributed by atoms with van der Waals surface area (Å²) < 4.78 is 0. The molecule has 0 unspecified atom stereocenters. The van der Waals surface area contributed by atoms with Gasteiger partial charge in [-0.05, 0) is 18.2 Å². The molecule has 2 aromatic rings. The number of halogens is 1. The number of hydrogen-bond acceptors (Lipinski definition) is 5. The Hall–Kier alpha value is -3.00. The molecule has 2 amide bonds. The molecule has 0 saturated heterocycles. The maximum absolute atomic E-state index is 12.2. The van der Waals surface area contributed by atoms with Crippen LogP contribution in [-0.2, 0) is 4.79 Å². The average Bonchev–Trinajstić information content (AvgIpc) is 2.48. The molecule has 0 saturated carbocycles. The molecule has 118 valence electrons. The molecule has 0 aliphatic rings. The summed E-state index contributed by atoms with van der Waals surface area (Å²) in [6.07, 6.45) is 1.37. The minimum absolute atomic E-state index is 0.0451. The topological polar surface area (TPSA) is 114 Å². The number of benzene rings is 1. The van der Waals surface area contributed by atoms with Crippen LogP contribution >= 0.6 is 11.6 Å². The fraction of sp³-hybridized carbons (Fsp3) is 0.0714. The van der Waals surface area contributed by atoms with Crippen molar-refractivity contribution in [3.8, 4) is 0 Å². The lowest BCUT2D eigenvalue weighted by Crippen LogP contribution is -2.14. The normalized spacial score (nSPS) is 10.0. The predicted octanol–water partition coefficient (Wildman–Crippen LogP) is 2.85. The third-order valence-corrected chi connectivity index (χ3v) is 3.05. The molecule has 2 rings (SSSR count). The highest BCUT2D eigenvalue weighted by Crippen LogP contribution is 2.27. The third kappa shape index (κ3) is 4.24. The van der Waals surface area contributed by atoms with Crippen molar-refractivity contribution in [2.24, 2.45) is 0 Å². The summed E-state index contributed by atoms with van der Waals surface area (Å²) in [5.74, 6) is -0.567. The van der Waals surface area contributed by atoms with Crippen molar-refractivity contribution in [2.75, 3.05) is 10.6 Å². The molecule has 0 bridgehead atoms. The Morgan fingerprint density at radius 3 is 2.57 bits per heavy atom. The number of nitrogens with one attached hydrogen (secondary N) is 2. The molecular formula is C14H11ClN4O4. The molecule has 23 heavy (non-hydrogen) atoms. The second-order valence-corrected chi connectivity index (χ2v) is 4.89. The summed E-state index contributed by atoms with van der Waals surface area (Å²) in [4.78, 5) is 37.1. The molecule has 0 fully saturated rings. The fourth-order valence-corrected chi connectivity index (χ4v) is 1.96. The Kier molecular flexibility index (Phi) is 4.87. The summed E-state index contributed by atoms with van der Waals surface area (Å²) in [6.45, 7) is 1.32. The summed E-state index contributed by atoms with van der Waals surface area (Å²) >= 11 is 5.92. The lowest BCUT2D eigenvalue weighted by atomic mass is 10.2. The van der Waals surface area contributed by atoms with Crippen LogP contribution in [0.3, 0.4) is 0 Å². The van der Waals surface area contributed by atoms with Crippen LogP contribution in [-0.4, -0.2) is 21.7 Å². The first-order valence-corrected chi connectivity index (χ1v) is 6.73. The molecule has 0 spiro atoms. The van der Waals surface area contributed by atoms with Gasteiger partial charge in [0, 0.05) is 30.8 Å². The molecule has 9 heteroatoms. The zero-order valence-electron chi connectivity index (χ0n) is 11.9. The van der Waals surface area contributed by atoms with E-state index in [0.717, 1.165) is 6.07 Å². The van der Waals surface area contributed by atoms with E-state index in [1.54, 1.807) is 0 Å². The van der Waals surface area contributed by atoms with E-state index in [4.69, 9.17) is 11.6 Å². The van der Waals surface area contributed by atoms with Crippen molar-refractivity contribution in [3.05, 3.63) is 57.2 Å². The van der Waals surface area contributed by atoms with Crippen LogP contribution in [0.15, 0.2) is 36.5 Å². The molecule has 0 radical (unpaired) electrons. The molecule has 8 nitrogen and oxygen atoms in total. The number of nitro benzene ring substituents is 1. The molecule has 1 aromatic heterocycles. The zero-order chi connectivity index (χ0) is 17.0. The van der Waals surface area contributed by atoms with Crippen molar-refractivity contribution in [1.29, 1.82) is 0 Å². The van der Waals surface area contributed by atoms with Gasteiger partial charge >= 0.3 is 0 Å². The highest BCUT2D eigenvalue weighted by molar-refractivity contribution is 6.34. The molecular weight excluding hydrogens is 324 g/mol. The summed E-state index contributed by atoms with van der Waals surface area (Å²) in [5.41, 5.74) is 0.308. The Balaban J connectivity index is 2.19. The zero-order valence-corrected chi connectivity index (χ0v) is 12.6. The largest absolute Gasteiger partial charge is 0.321 e. The van der Waals surface area contributed by atoms with Crippen LogP contribution < -0.4 is 10.6 Å². The predicted molar refractivity (Wildman–Crippen MR) is 84.6 cm³/mol. The quantitative estimate of drug-likeness (QED) is 0.659. The maximum atomic E-state index is 12.2. The fourth-order valence-electron chi connectivity index (χ4n) is 1.73. The van der Waals surface area contributed by atoms with Crippen LogP contribution in [0.4, 0.5) is 17.2 Å². The highest BCUT2D eigenvalue weighted by atomic mass is 35.5. The summed E-state index contributed by atoms with van der Waals surface area (Å²) in [6, 6.07) is 6.58. The first-order chi connectivity index (χ1) is 10.9. The van der Waals surface area contributed by atoms with Crippen LogP contribution in [0.25, 0.3) is 0 Å². The third-order valence-electron chi connectivity index (χ3n) is 2.74. The first-order valence-electron chi connectivity index (χ1n) is 6.36. The van der Waals surface area contributed by atoms with Crippen LogP contribution in [0.2, 0.25) is 5.02 Å². The SMILES string of the molecule is CC(=O)Nc1cc(C(=O)Nc2ccc([N+](=O)[O-])cc2Cl)ccn1. The highest BCUT2D eigenvalue weighted by Gasteiger charge is 2.13. The monoisotopic (exact) mass is 334 g/mol. The van der Waals surface area contributed by atoms with Crippen LogP contribution in [0.1, 0.15) is 17.3 Å². The van der Waals surface area contributed by atoms with E-state index < -0.39 is 10.8 Å². The van der Waals surface area contributed by atoms with Gasteiger partial charge in [0.1, 0.15) is 5.82 Å². The van der Waals surface area contributed by atoms with Gasteiger partial charge in [0.2, 0.25) is 5.91 Å². The van der Waals surface area contributed by atoms with E-state index >= 15 is 0 Å². The first kappa shape index (κ1) is 16.4. The van der Waals surface area contributed by atoms with Crippen molar-refractivity contribution in [3.63, 3.8) is 0 Å². The summed E-state index contributed by atoms with van der Waals surface area (Å²) in [7, 11) is 0. The van der Waals surface area contributed by atoms with Gasteiger partial charge in [-0.1, -0.05) is 11.6 Å². The standard InChI is InChI=1S/C14H11ClN4O4/c1-8(20)17-13-6-9(4-5-16-13)14(21)18-12-3-2-10(19(22)23)7-11(12)15/h2-7H,1H3,(H,18,21)(H,16,17,20). The number of carbonyl (C=O) groups is 2. The van der Waals surface area contributed by atoms with Crippen molar-refractivity contribution < 1.29 is 14.5 Å². The number of carbonyl (C=O) groups excluding carboxylic acids is 2. The molecule has 2 N–H and O–H groups in total. The van der Waals surface area contributed by atoms with Gasteiger partial charge < -0.3 is 10.6 Å². The molecule has 1 aromatic carbocycles. The average molecular weight is 335 g/mol. The number of amides is 2. The number of pyridine rings is 1. The smallest absolute Gasteiger partial charge is 0.271 e. The van der Waals surface area contributed by atoms with Gasteiger partial charge in [0.05, 0.1) is 15.6 Å². The Bertz CT molecular complexity index is 794. The van der Waals surface area contributed by atoms with E-state index in [1.807, 2.05) is 0 Å². The van der Waals surface area contributed by atoms with Gasteiger partial charge in [-0.3, -0.25) is 19.7 Å². The van der Waals surface area contributed by atoms with E-state index in [9.17, 15) is 19.7 Å². The number of rotatable bonds is 4. The van der Waals surface area contributed by atoms with Crippen LogP contribution in [0.5, 0.6) is 0 Å². The molecule has 0 atom stereocenters. The van der Waals surface area contributed by atoms with Gasteiger partial charge in [0.25, 0.3) is 11.6 Å². The maximum Gasteiger partial charge on any atom is 0.271 e. The second kappa shape index (κ2) is 6.84. The van der Waals surface area contributed by atoms with Gasteiger partial charge in [-0.2, -0.15) is 0 Å². The molecule has 1 heterocycles. The second-order valence-electron chi connectivity index (χ2n) is 4.49. The van der Waals surface area contributed by atoms with E-state index in [1.165, 1.54) is 37.4 Å². The van der Waals surface area contributed by atoms with Crippen LogP contribution in [0, 0.1) is 10.1 Å². The van der Waals surface area contributed by atoms with E-state index in [0.29, 0.717) is 0 Å².